The number of benzene rings is 1. The number of ether oxygens (including phenoxy) is 1. The summed E-state index contributed by atoms with van der Waals surface area (Å²) in [5.41, 5.74) is 1.26. The van der Waals surface area contributed by atoms with E-state index in [0.29, 0.717) is 0 Å². The van der Waals surface area contributed by atoms with Crippen LogP contribution in [0.3, 0.4) is 0 Å². The fraction of sp³-hybridized carbons (Fsp3) is 0.143. The first-order valence-electron chi connectivity index (χ1n) is 2.81. The summed E-state index contributed by atoms with van der Waals surface area (Å²) >= 11 is 2.50. The standard InChI is InChI=1S/C7H5AsO/c8-6-3-5-1-2-7(6)9-4-5/h1-3H,4H2. The molecule has 3 rings (SSSR count). The van der Waals surface area contributed by atoms with Crippen molar-refractivity contribution in [1.82, 2.24) is 0 Å². The van der Waals surface area contributed by atoms with E-state index in [-0.39, 0.29) is 0 Å². The molecule has 0 spiro atoms. The second kappa shape index (κ2) is 1.78. The maximum absolute atomic E-state index is 5.30. The number of hydrogen-bond acceptors (Lipinski definition) is 1. The average molecular weight is 180 g/mol. The first kappa shape index (κ1) is 5.37. The molecule has 1 aromatic carbocycles. The van der Waals surface area contributed by atoms with E-state index in [1.54, 1.807) is 0 Å². The van der Waals surface area contributed by atoms with Crippen molar-refractivity contribution in [2.24, 2.45) is 0 Å². The van der Waals surface area contributed by atoms with Crippen LogP contribution in [-0.2, 0) is 6.61 Å². The third kappa shape index (κ3) is 0.763. The van der Waals surface area contributed by atoms with E-state index in [0.717, 1.165) is 12.4 Å². The molecule has 0 saturated carbocycles. The zero-order valence-electron chi connectivity index (χ0n) is 4.79. The molecule has 0 N–H and O–H groups in total. The molecule has 2 bridgehead atoms. The molecule has 2 aliphatic rings. The van der Waals surface area contributed by atoms with Gasteiger partial charge in [0, 0.05) is 0 Å². The summed E-state index contributed by atoms with van der Waals surface area (Å²) in [4.78, 5) is 0. The topological polar surface area (TPSA) is 9.23 Å². The van der Waals surface area contributed by atoms with Crippen molar-refractivity contribution in [3.05, 3.63) is 23.8 Å². The SMILES string of the molecule is [As]c1cc2ccc1OC2. The van der Waals surface area contributed by atoms with Gasteiger partial charge >= 0.3 is 62.1 Å². The van der Waals surface area contributed by atoms with Crippen molar-refractivity contribution in [3.8, 4) is 5.75 Å². The third-order valence-electron chi connectivity index (χ3n) is 1.42. The number of fused-ring (bicyclic) bond motifs is 3. The molecule has 1 nitrogen and oxygen atoms in total. The van der Waals surface area contributed by atoms with Gasteiger partial charge in [-0.3, -0.25) is 0 Å². The van der Waals surface area contributed by atoms with Crippen molar-refractivity contribution in [3.63, 3.8) is 0 Å². The van der Waals surface area contributed by atoms with Gasteiger partial charge in [-0.25, -0.2) is 0 Å². The van der Waals surface area contributed by atoms with Gasteiger partial charge in [0.05, 0.1) is 0 Å². The first-order chi connectivity index (χ1) is 4.36. The Morgan fingerprint density at radius 3 is 2.56 bits per heavy atom. The summed E-state index contributed by atoms with van der Waals surface area (Å²) < 4.78 is 6.48. The van der Waals surface area contributed by atoms with Crippen LogP contribution in [-0.4, -0.2) is 16.9 Å². The molecular weight excluding hydrogens is 175 g/mol. The summed E-state index contributed by atoms with van der Waals surface area (Å²) in [5.74, 6) is 1.00. The van der Waals surface area contributed by atoms with Gasteiger partial charge in [-0.15, -0.1) is 0 Å². The fourth-order valence-electron chi connectivity index (χ4n) is 0.936. The molecule has 1 aromatic rings. The van der Waals surface area contributed by atoms with Crippen LogP contribution in [0, 0.1) is 0 Å². The van der Waals surface area contributed by atoms with Gasteiger partial charge in [-0.1, -0.05) is 0 Å². The molecule has 0 fully saturated rings. The van der Waals surface area contributed by atoms with Gasteiger partial charge in [-0.2, -0.15) is 0 Å². The monoisotopic (exact) mass is 180 g/mol. The van der Waals surface area contributed by atoms with Crippen molar-refractivity contribution in [2.45, 2.75) is 6.61 Å². The van der Waals surface area contributed by atoms with Crippen molar-refractivity contribution < 1.29 is 4.74 Å². The third-order valence-corrected chi connectivity index (χ3v) is 2.15. The van der Waals surface area contributed by atoms with Gasteiger partial charge in [0.15, 0.2) is 0 Å². The molecule has 0 aromatic heterocycles. The molecule has 0 saturated heterocycles. The summed E-state index contributed by atoms with van der Waals surface area (Å²) in [6.45, 7) is 0.757. The van der Waals surface area contributed by atoms with Crippen LogP contribution in [0.5, 0.6) is 5.75 Å². The molecule has 0 unspecified atom stereocenters. The van der Waals surface area contributed by atoms with E-state index in [9.17, 15) is 0 Å². The Labute approximate surface area is 62.5 Å². The second-order valence-corrected chi connectivity index (χ2v) is 3.10. The van der Waals surface area contributed by atoms with Crippen molar-refractivity contribution in [1.29, 1.82) is 0 Å². The van der Waals surface area contributed by atoms with E-state index < -0.39 is 0 Å². The van der Waals surface area contributed by atoms with E-state index in [4.69, 9.17) is 4.74 Å². The molecule has 0 atom stereocenters. The normalized spacial score (nSPS) is 13.4. The Balaban J connectivity index is 2.70. The Kier molecular flexibility index (Phi) is 1.06. The van der Waals surface area contributed by atoms with Crippen LogP contribution in [0.1, 0.15) is 5.56 Å². The predicted octanol–water partition coefficient (Wildman–Crippen LogP) is 0.373. The predicted molar refractivity (Wildman–Crippen MR) is 36.2 cm³/mol. The van der Waals surface area contributed by atoms with Gasteiger partial charge in [0.2, 0.25) is 0 Å². The van der Waals surface area contributed by atoms with Crippen LogP contribution >= 0.6 is 0 Å². The van der Waals surface area contributed by atoms with E-state index >= 15 is 0 Å². The Bertz CT molecular complexity index is 245. The Morgan fingerprint density at radius 1 is 1.44 bits per heavy atom. The maximum atomic E-state index is 5.30. The van der Waals surface area contributed by atoms with E-state index in [1.807, 2.05) is 6.07 Å². The molecule has 0 amide bonds. The van der Waals surface area contributed by atoms with E-state index in [2.05, 4.69) is 29.0 Å². The van der Waals surface area contributed by atoms with Gasteiger partial charge in [0.25, 0.3) is 0 Å². The summed E-state index contributed by atoms with van der Waals surface area (Å²) in [6.07, 6.45) is 0. The van der Waals surface area contributed by atoms with Crippen LogP contribution < -0.4 is 9.09 Å². The molecule has 0 aliphatic carbocycles. The van der Waals surface area contributed by atoms with Crippen LogP contribution in [0.4, 0.5) is 0 Å². The zero-order valence-corrected chi connectivity index (χ0v) is 6.67. The van der Waals surface area contributed by atoms with Crippen LogP contribution in [0.2, 0.25) is 0 Å². The minimum absolute atomic E-state index is 0.757. The number of hydrogen-bond donors (Lipinski definition) is 0. The molecule has 2 heteroatoms. The first-order valence-corrected chi connectivity index (χ1v) is 3.75. The molecule has 2 heterocycles. The molecule has 9 heavy (non-hydrogen) atoms. The second-order valence-electron chi connectivity index (χ2n) is 2.09. The van der Waals surface area contributed by atoms with Crippen molar-refractivity contribution >= 4 is 21.2 Å². The molecule has 2 aliphatic heterocycles. The van der Waals surface area contributed by atoms with E-state index in [1.165, 1.54) is 9.91 Å². The van der Waals surface area contributed by atoms with Gasteiger partial charge < -0.3 is 0 Å². The summed E-state index contributed by atoms with van der Waals surface area (Å²) in [6, 6.07) is 6.24. The fourth-order valence-corrected chi connectivity index (χ4v) is 1.58. The summed E-state index contributed by atoms with van der Waals surface area (Å²) in [7, 11) is 0. The Hall–Kier alpha value is -0.422. The van der Waals surface area contributed by atoms with Gasteiger partial charge in [-0.05, 0) is 0 Å². The zero-order chi connectivity index (χ0) is 6.27. The summed E-state index contributed by atoms with van der Waals surface area (Å²) in [5, 5.41) is 0. The van der Waals surface area contributed by atoms with Gasteiger partial charge in [0.1, 0.15) is 0 Å². The number of rotatable bonds is 0. The average Bonchev–Trinajstić information content (AvgIpc) is 1.90. The minimum atomic E-state index is 0.757. The van der Waals surface area contributed by atoms with Crippen molar-refractivity contribution in [2.75, 3.05) is 0 Å². The molecule has 2 radical (unpaired) electrons. The quantitative estimate of drug-likeness (QED) is 0.524. The molecule has 44 valence electrons. The van der Waals surface area contributed by atoms with Crippen LogP contribution in [0.15, 0.2) is 18.2 Å². The Morgan fingerprint density at radius 2 is 2.33 bits per heavy atom. The molecular formula is C7H5AsO. The van der Waals surface area contributed by atoms with Crippen LogP contribution in [0.25, 0.3) is 0 Å².